The average Bonchev–Trinajstić information content (AvgIpc) is 3.51. The Morgan fingerprint density at radius 1 is 0.917 bits per heavy atom. The second-order valence-electron chi connectivity index (χ2n) is 9.81. The summed E-state index contributed by atoms with van der Waals surface area (Å²) in [6, 6.07) is 8.57. The molecule has 36 heavy (non-hydrogen) atoms. The van der Waals surface area contributed by atoms with Crippen LogP contribution in [0, 0.1) is 0 Å². The van der Waals surface area contributed by atoms with Crippen molar-refractivity contribution in [3.63, 3.8) is 0 Å². The van der Waals surface area contributed by atoms with E-state index < -0.39 is 0 Å². The molecule has 0 bridgehead atoms. The number of nitrogens with zero attached hydrogens (tertiary/aromatic N) is 5. The van der Waals surface area contributed by atoms with E-state index in [1.54, 1.807) is 14.2 Å². The van der Waals surface area contributed by atoms with Crippen molar-refractivity contribution in [2.45, 2.75) is 31.7 Å². The van der Waals surface area contributed by atoms with Crippen LogP contribution in [0.5, 0.6) is 11.5 Å². The Kier molecular flexibility index (Phi) is 5.97. The lowest BCUT2D eigenvalue weighted by Gasteiger charge is -2.28. The van der Waals surface area contributed by atoms with Gasteiger partial charge in [0.2, 0.25) is 0 Å². The van der Waals surface area contributed by atoms with Crippen molar-refractivity contribution in [3.05, 3.63) is 47.9 Å². The van der Waals surface area contributed by atoms with Crippen LogP contribution in [0.25, 0.3) is 33.1 Å². The molecule has 0 radical (unpaired) electrons. The molecule has 186 valence electrons. The van der Waals surface area contributed by atoms with E-state index in [1.165, 1.54) is 19.3 Å². The number of aromatic nitrogens is 3. The number of hydrazone groups is 1. The number of aromatic amines is 1. The van der Waals surface area contributed by atoms with Gasteiger partial charge >= 0.3 is 0 Å². The maximum Gasteiger partial charge on any atom is 0.138 e. The molecule has 1 aromatic carbocycles. The highest BCUT2D eigenvalue weighted by Crippen LogP contribution is 2.38. The van der Waals surface area contributed by atoms with Gasteiger partial charge in [0.05, 0.1) is 43.1 Å². The third kappa shape index (κ3) is 4.15. The minimum absolute atomic E-state index is 0.196. The topological polar surface area (TPSA) is 78.9 Å². The first-order valence-electron chi connectivity index (χ1n) is 12.6. The summed E-state index contributed by atoms with van der Waals surface area (Å²) in [5.74, 6) is 1.90. The smallest absolute Gasteiger partial charge is 0.138 e. The molecule has 1 fully saturated rings. The number of nitrogens with one attached hydrogen (secondary N) is 1. The number of methoxy groups -OCH3 is 2. The van der Waals surface area contributed by atoms with E-state index in [0.717, 1.165) is 82.0 Å². The summed E-state index contributed by atoms with van der Waals surface area (Å²) in [6.45, 7) is 3.92. The summed E-state index contributed by atoms with van der Waals surface area (Å²) < 4.78 is 11.7. The Morgan fingerprint density at radius 2 is 1.69 bits per heavy atom. The Bertz CT molecular complexity index is 1410. The molecule has 2 aliphatic rings. The zero-order chi connectivity index (χ0) is 24.6. The van der Waals surface area contributed by atoms with Gasteiger partial charge in [0.25, 0.3) is 0 Å². The van der Waals surface area contributed by atoms with Gasteiger partial charge in [-0.1, -0.05) is 6.42 Å². The van der Waals surface area contributed by atoms with E-state index in [4.69, 9.17) is 14.5 Å². The molecule has 1 saturated heterocycles. The Hall–Kier alpha value is -3.65. The highest BCUT2D eigenvalue weighted by molar-refractivity contribution is 6.07. The average molecular weight is 485 g/mol. The fourth-order valence-electron chi connectivity index (χ4n) is 5.44. The van der Waals surface area contributed by atoms with Gasteiger partial charge in [-0.05, 0) is 55.8 Å². The molecule has 8 heteroatoms. The van der Waals surface area contributed by atoms with Gasteiger partial charge in [0, 0.05) is 48.9 Å². The molecule has 0 spiro atoms. The van der Waals surface area contributed by atoms with E-state index in [9.17, 15) is 0 Å². The zero-order valence-electron chi connectivity index (χ0n) is 21.1. The fourth-order valence-corrected chi connectivity index (χ4v) is 5.44. The number of rotatable bonds is 6. The van der Waals surface area contributed by atoms with Crippen LogP contribution in [0.3, 0.4) is 0 Å². The van der Waals surface area contributed by atoms with Crippen molar-refractivity contribution in [2.24, 2.45) is 5.10 Å². The zero-order valence-corrected chi connectivity index (χ0v) is 21.1. The molecule has 4 aromatic rings. The van der Waals surface area contributed by atoms with Gasteiger partial charge in [-0.15, -0.1) is 0 Å². The predicted octanol–water partition coefficient (Wildman–Crippen LogP) is 4.80. The number of likely N-dealkylation sites (tertiary alicyclic amines) is 1. The van der Waals surface area contributed by atoms with Crippen molar-refractivity contribution in [2.75, 3.05) is 40.9 Å². The Morgan fingerprint density at radius 3 is 2.39 bits per heavy atom. The van der Waals surface area contributed by atoms with Crippen LogP contribution < -0.4 is 9.47 Å². The summed E-state index contributed by atoms with van der Waals surface area (Å²) >= 11 is 0. The molecule has 1 atom stereocenters. The molecule has 0 saturated carbocycles. The summed E-state index contributed by atoms with van der Waals surface area (Å²) in [4.78, 5) is 15.3. The number of pyridine rings is 2. The van der Waals surface area contributed by atoms with Crippen molar-refractivity contribution in [3.8, 4) is 22.6 Å². The van der Waals surface area contributed by atoms with Crippen molar-refractivity contribution in [1.29, 1.82) is 0 Å². The predicted molar refractivity (Wildman–Crippen MR) is 143 cm³/mol. The van der Waals surface area contributed by atoms with Gasteiger partial charge in [-0.2, -0.15) is 5.10 Å². The van der Waals surface area contributed by atoms with Gasteiger partial charge < -0.3 is 14.5 Å². The van der Waals surface area contributed by atoms with Gasteiger partial charge in [0.1, 0.15) is 17.1 Å². The fraction of sp³-hybridized carbons (Fsp3) is 0.393. The van der Waals surface area contributed by atoms with Crippen LogP contribution in [0.2, 0.25) is 0 Å². The van der Waals surface area contributed by atoms with Gasteiger partial charge in [-0.25, -0.2) is 4.98 Å². The minimum Gasteiger partial charge on any atom is -0.496 e. The van der Waals surface area contributed by atoms with E-state index in [0.29, 0.717) is 0 Å². The Balaban J connectivity index is 1.39. The molecular formula is C28H32N6O2. The molecular weight excluding hydrogens is 452 g/mol. The first-order valence-corrected chi connectivity index (χ1v) is 12.6. The molecule has 1 N–H and O–H groups in total. The lowest BCUT2D eigenvalue weighted by Crippen LogP contribution is -2.29. The van der Waals surface area contributed by atoms with E-state index in [2.05, 4.69) is 44.2 Å². The number of benzene rings is 1. The third-order valence-electron chi connectivity index (χ3n) is 7.41. The van der Waals surface area contributed by atoms with Crippen LogP contribution in [0.15, 0.2) is 41.8 Å². The first-order chi connectivity index (χ1) is 17.6. The number of fused-ring (bicyclic) bond motifs is 3. The van der Waals surface area contributed by atoms with E-state index in [-0.39, 0.29) is 5.92 Å². The highest BCUT2D eigenvalue weighted by atomic mass is 16.5. The van der Waals surface area contributed by atoms with Crippen LogP contribution in [-0.2, 0) is 6.54 Å². The van der Waals surface area contributed by atoms with Crippen molar-refractivity contribution < 1.29 is 9.47 Å². The standard InChI is InChI=1S/C28H32N6O2/c1-33-16-20(14-31-33)24-12-21-22-9-19(13-30-28(22)32-25(21)15-29-24)18-10-26(35-2)23(27(11-18)36-3)17-34-7-5-4-6-8-34/h9-15,20H,4-8,16-17H2,1-3H3,(H,30,32). The van der Waals surface area contributed by atoms with Crippen molar-refractivity contribution >= 4 is 28.2 Å². The second kappa shape index (κ2) is 9.43. The molecule has 3 aromatic heterocycles. The SMILES string of the molecule is COc1cc(-c2cnc3[nH]c4cnc(C5C=NN(C)C5)cc4c3c2)cc(OC)c1CN1CCCCC1. The normalized spacial score (nSPS) is 18.4. The molecule has 2 aliphatic heterocycles. The molecule has 0 amide bonds. The molecule has 1 unspecified atom stereocenters. The summed E-state index contributed by atoms with van der Waals surface area (Å²) in [6.07, 6.45) is 9.59. The van der Waals surface area contributed by atoms with Crippen LogP contribution in [0.1, 0.15) is 36.4 Å². The summed E-state index contributed by atoms with van der Waals surface area (Å²) in [7, 11) is 5.45. The number of hydrogen-bond acceptors (Lipinski definition) is 7. The van der Waals surface area contributed by atoms with Crippen LogP contribution in [0.4, 0.5) is 0 Å². The second-order valence-corrected chi connectivity index (χ2v) is 9.81. The monoisotopic (exact) mass is 484 g/mol. The number of H-pyrrole nitrogens is 1. The third-order valence-corrected chi connectivity index (χ3v) is 7.41. The number of likely N-dealkylation sites (N-methyl/N-ethyl adjacent to an activating group) is 1. The van der Waals surface area contributed by atoms with Gasteiger partial charge in [0.15, 0.2) is 0 Å². The van der Waals surface area contributed by atoms with Gasteiger partial charge in [-0.3, -0.25) is 14.9 Å². The number of hydrogen-bond donors (Lipinski definition) is 1. The van der Waals surface area contributed by atoms with E-state index in [1.807, 2.05) is 30.7 Å². The summed E-state index contributed by atoms with van der Waals surface area (Å²) in [5, 5.41) is 8.51. The molecule has 0 aliphatic carbocycles. The maximum atomic E-state index is 5.86. The maximum absolute atomic E-state index is 5.86. The molecule has 6 rings (SSSR count). The Labute approximate surface area is 210 Å². The quantitative estimate of drug-likeness (QED) is 0.424. The molecule has 5 heterocycles. The largest absolute Gasteiger partial charge is 0.496 e. The highest BCUT2D eigenvalue weighted by Gasteiger charge is 2.21. The number of piperidine rings is 1. The first kappa shape index (κ1) is 22.8. The lowest BCUT2D eigenvalue weighted by atomic mass is 10.0. The summed E-state index contributed by atoms with van der Waals surface area (Å²) in [5.41, 5.74) is 6.00. The number of ether oxygens (including phenoxy) is 2. The van der Waals surface area contributed by atoms with Crippen LogP contribution in [-0.4, -0.2) is 72.0 Å². The lowest BCUT2D eigenvalue weighted by molar-refractivity contribution is 0.215. The van der Waals surface area contributed by atoms with E-state index >= 15 is 0 Å². The molecule has 8 nitrogen and oxygen atoms in total. The van der Waals surface area contributed by atoms with Crippen molar-refractivity contribution in [1.82, 2.24) is 24.9 Å². The minimum atomic E-state index is 0.196. The van der Waals surface area contributed by atoms with Crippen LogP contribution >= 0.6 is 0 Å².